The van der Waals surface area contributed by atoms with Crippen LogP contribution in [-0.2, 0) is 32.5 Å². The van der Waals surface area contributed by atoms with Crippen LogP contribution in [0.5, 0.6) is 5.75 Å². The van der Waals surface area contributed by atoms with E-state index in [0.29, 0.717) is 50.6 Å². The molecule has 30 heavy (non-hydrogen) atoms. The molecule has 1 saturated heterocycles. The lowest BCUT2D eigenvalue weighted by Crippen LogP contribution is -2.40. The predicted molar refractivity (Wildman–Crippen MR) is 114 cm³/mol. The predicted octanol–water partition coefficient (Wildman–Crippen LogP) is 2.27. The number of aryl methyl sites for hydroxylation is 2. The van der Waals surface area contributed by atoms with E-state index in [1.54, 1.807) is 18.2 Å². The van der Waals surface area contributed by atoms with E-state index in [9.17, 15) is 13.2 Å². The van der Waals surface area contributed by atoms with Crippen LogP contribution in [-0.4, -0.2) is 52.0 Å². The van der Waals surface area contributed by atoms with Gasteiger partial charge in [-0.3, -0.25) is 4.79 Å². The van der Waals surface area contributed by atoms with E-state index in [4.69, 9.17) is 9.47 Å². The van der Waals surface area contributed by atoms with Crippen LogP contribution in [0.1, 0.15) is 23.1 Å². The number of morpholine rings is 1. The van der Waals surface area contributed by atoms with Gasteiger partial charge < -0.3 is 14.8 Å². The Kier molecular flexibility index (Phi) is 7.47. The van der Waals surface area contributed by atoms with Gasteiger partial charge >= 0.3 is 0 Å². The first kappa shape index (κ1) is 22.3. The van der Waals surface area contributed by atoms with Gasteiger partial charge in [0.15, 0.2) is 0 Å². The summed E-state index contributed by atoms with van der Waals surface area (Å²) >= 11 is 0. The fourth-order valence-corrected chi connectivity index (χ4v) is 4.87. The Balaban J connectivity index is 1.65. The Morgan fingerprint density at radius 1 is 1.17 bits per heavy atom. The topological polar surface area (TPSA) is 84.9 Å². The van der Waals surface area contributed by atoms with E-state index >= 15 is 0 Å². The fourth-order valence-electron chi connectivity index (χ4n) is 3.41. The molecule has 7 nitrogen and oxygen atoms in total. The summed E-state index contributed by atoms with van der Waals surface area (Å²) in [4.78, 5) is 12.5. The van der Waals surface area contributed by atoms with Crippen LogP contribution in [0.3, 0.4) is 0 Å². The summed E-state index contributed by atoms with van der Waals surface area (Å²) < 4.78 is 37.9. The van der Waals surface area contributed by atoms with E-state index in [-0.39, 0.29) is 17.2 Å². The molecule has 1 heterocycles. The van der Waals surface area contributed by atoms with Crippen molar-refractivity contribution >= 4 is 15.9 Å². The van der Waals surface area contributed by atoms with Gasteiger partial charge in [0.05, 0.1) is 25.2 Å². The van der Waals surface area contributed by atoms with E-state index in [0.717, 1.165) is 11.1 Å². The number of sulfonamides is 1. The third kappa shape index (κ3) is 5.59. The second kappa shape index (κ2) is 10.1. The van der Waals surface area contributed by atoms with Crippen molar-refractivity contribution < 1.29 is 22.7 Å². The Labute approximate surface area is 178 Å². The van der Waals surface area contributed by atoms with E-state index in [2.05, 4.69) is 5.32 Å². The maximum Gasteiger partial charge on any atom is 0.243 e. The molecule has 1 aliphatic rings. The van der Waals surface area contributed by atoms with Crippen molar-refractivity contribution in [3.63, 3.8) is 0 Å². The number of methoxy groups -OCH3 is 1. The lowest BCUT2D eigenvalue weighted by molar-refractivity contribution is -0.121. The normalized spacial score (nSPS) is 15.0. The minimum absolute atomic E-state index is 0.0972. The van der Waals surface area contributed by atoms with E-state index in [1.807, 2.05) is 31.2 Å². The number of ether oxygens (including phenoxy) is 2. The largest absolute Gasteiger partial charge is 0.496 e. The first-order valence-corrected chi connectivity index (χ1v) is 11.4. The van der Waals surface area contributed by atoms with Crippen molar-refractivity contribution in [1.29, 1.82) is 0 Å². The summed E-state index contributed by atoms with van der Waals surface area (Å²) in [6.07, 6.45) is 0.624. The van der Waals surface area contributed by atoms with Crippen LogP contribution < -0.4 is 10.1 Å². The van der Waals surface area contributed by atoms with Gasteiger partial charge in [0.2, 0.25) is 15.9 Å². The van der Waals surface area contributed by atoms with Gasteiger partial charge in [-0.25, -0.2) is 8.42 Å². The average Bonchev–Trinajstić information content (AvgIpc) is 2.76. The molecule has 0 bridgehead atoms. The summed E-state index contributed by atoms with van der Waals surface area (Å²) in [5.74, 6) is 0.474. The number of rotatable bonds is 8. The standard InChI is InChI=1S/C22H28N2O5S/c1-17-4-3-5-18(14-17)16-23-22(25)9-6-19-15-20(7-8-21(19)28-2)30(26,27)24-10-12-29-13-11-24/h3-5,7-8,14-15H,6,9-13,16H2,1-2H3,(H,23,25). The Morgan fingerprint density at radius 3 is 2.63 bits per heavy atom. The van der Waals surface area contributed by atoms with E-state index < -0.39 is 10.0 Å². The molecule has 0 aliphatic carbocycles. The number of hydrogen-bond acceptors (Lipinski definition) is 5. The maximum atomic E-state index is 12.9. The van der Waals surface area contributed by atoms with Crippen LogP contribution >= 0.6 is 0 Å². The molecule has 0 radical (unpaired) electrons. The smallest absolute Gasteiger partial charge is 0.243 e. The van der Waals surface area contributed by atoms with Gasteiger partial charge in [-0.1, -0.05) is 29.8 Å². The Morgan fingerprint density at radius 2 is 1.93 bits per heavy atom. The minimum Gasteiger partial charge on any atom is -0.496 e. The van der Waals surface area contributed by atoms with Crippen LogP contribution in [0.25, 0.3) is 0 Å². The summed E-state index contributed by atoms with van der Waals surface area (Å²) in [7, 11) is -2.07. The Hall–Kier alpha value is -2.42. The van der Waals surface area contributed by atoms with Crippen LogP contribution in [0.15, 0.2) is 47.4 Å². The lowest BCUT2D eigenvalue weighted by Gasteiger charge is -2.26. The van der Waals surface area contributed by atoms with Crippen LogP contribution in [0.2, 0.25) is 0 Å². The van der Waals surface area contributed by atoms with Gasteiger partial charge in [0, 0.05) is 26.1 Å². The maximum absolute atomic E-state index is 12.9. The Bertz CT molecular complexity index is 985. The molecule has 2 aromatic rings. The molecule has 1 aliphatic heterocycles. The number of carbonyl (C=O) groups is 1. The van der Waals surface area contributed by atoms with Gasteiger partial charge in [-0.2, -0.15) is 4.31 Å². The van der Waals surface area contributed by atoms with Crippen molar-refractivity contribution in [1.82, 2.24) is 9.62 Å². The number of hydrogen-bond donors (Lipinski definition) is 1. The van der Waals surface area contributed by atoms with Crippen LogP contribution in [0, 0.1) is 6.92 Å². The number of nitrogens with zero attached hydrogens (tertiary/aromatic N) is 1. The number of carbonyl (C=O) groups excluding carboxylic acids is 1. The second-order valence-electron chi connectivity index (χ2n) is 7.26. The van der Waals surface area contributed by atoms with Crippen molar-refractivity contribution in [2.45, 2.75) is 31.2 Å². The van der Waals surface area contributed by atoms with Crippen molar-refractivity contribution in [3.05, 3.63) is 59.2 Å². The molecule has 0 aromatic heterocycles. The number of nitrogens with one attached hydrogen (secondary N) is 1. The van der Waals surface area contributed by atoms with Crippen molar-refractivity contribution in [2.24, 2.45) is 0 Å². The van der Waals surface area contributed by atoms with Gasteiger partial charge in [0.1, 0.15) is 5.75 Å². The molecule has 0 atom stereocenters. The molecule has 162 valence electrons. The first-order valence-electron chi connectivity index (χ1n) is 9.97. The molecule has 2 aromatic carbocycles. The van der Waals surface area contributed by atoms with Crippen molar-refractivity contribution in [3.8, 4) is 5.75 Å². The highest BCUT2D eigenvalue weighted by Crippen LogP contribution is 2.26. The second-order valence-corrected chi connectivity index (χ2v) is 9.19. The highest BCUT2D eigenvalue weighted by molar-refractivity contribution is 7.89. The highest BCUT2D eigenvalue weighted by atomic mass is 32.2. The molecule has 0 spiro atoms. The number of benzene rings is 2. The molecule has 1 fully saturated rings. The molecule has 0 saturated carbocycles. The third-order valence-electron chi connectivity index (χ3n) is 5.05. The van der Waals surface area contributed by atoms with Gasteiger partial charge in [-0.15, -0.1) is 0 Å². The third-order valence-corrected chi connectivity index (χ3v) is 6.95. The van der Waals surface area contributed by atoms with Crippen molar-refractivity contribution in [2.75, 3.05) is 33.4 Å². The monoisotopic (exact) mass is 432 g/mol. The zero-order valence-electron chi connectivity index (χ0n) is 17.4. The summed E-state index contributed by atoms with van der Waals surface area (Å²) in [6, 6.07) is 12.8. The molecule has 3 rings (SSSR count). The zero-order valence-corrected chi connectivity index (χ0v) is 18.2. The average molecular weight is 433 g/mol. The molecule has 8 heteroatoms. The first-order chi connectivity index (χ1) is 14.4. The molecule has 1 N–H and O–H groups in total. The molecule has 1 amide bonds. The SMILES string of the molecule is COc1ccc(S(=O)(=O)N2CCOCC2)cc1CCC(=O)NCc1cccc(C)c1. The van der Waals surface area contributed by atoms with Gasteiger partial charge in [0.25, 0.3) is 0 Å². The highest BCUT2D eigenvalue weighted by Gasteiger charge is 2.27. The molecular weight excluding hydrogens is 404 g/mol. The summed E-state index contributed by atoms with van der Waals surface area (Å²) in [6.45, 7) is 3.93. The lowest BCUT2D eigenvalue weighted by atomic mass is 10.1. The summed E-state index contributed by atoms with van der Waals surface area (Å²) in [5, 5.41) is 2.91. The molecular formula is C22H28N2O5S. The number of amides is 1. The van der Waals surface area contributed by atoms with Gasteiger partial charge in [-0.05, 0) is 42.7 Å². The molecule has 0 unspecified atom stereocenters. The van der Waals surface area contributed by atoms with E-state index in [1.165, 1.54) is 11.4 Å². The summed E-state index contributed by atoms with van der Waals surface area (Å²) in [5.41, 5.74) is 2.88. The fraction of sp³-hybridized carbons (Fsp3) is 0.409. The van der Waals surface area contributed by atoms with Crippen LogP contribution in [0.4, 0.5) is 0 Å². The minimum atomic E-state index is -3.60. The quantitative estimate of drug-likeness (QED) is 0.692. The zero-order chi connectivity index (χ0) is 21.6.